The average Bonchev–Trinajstić information content (AvgIpc) is 2.53. The third-order valence-electron chi connectivity index (χ3n) is 4.69. The van der Waals surface area contributed by atoms with Crippen molar-refractivity contribution >= 4 is 0 Å². The Kier molecular flexibility index (Phi) is 6.04. The van der Waals surface area contributed by atoms with Gasteiger partial charge in [0.05, 0.1) is 0 Å². The van der Waals surface area contributed by atoms with Gasteiger partial charge in [0, 0.05) is 5.92 Å². The fourth-order valence-electron chi connectivity index (χ4n) is 2.87. The first kappa shape index (κ1) is 15.8. The molecule has 0 heteroatoms. The summed E-state index contributed by atoms with van der Waals surface area (Å²) < 4.78 is 0. The minimum Gasteiger partial charge on any atom is -0.0625 e. The van der Waals surface area contributed by atoms with Crippen molar-refractivity contribution in [2.24, 2.45) is 11.8 Å². The molecule has 2 aromatic rings. The normalized spacial score (nSPS) is 12.8. The SMILES string of the molecule is CC(C)C(C)CCCC(c1ccccc1)c1ccccc1. The maximum atomic E-state index is 2.38. The predicted molar refractivity (Wildman–Crippen MR) is 92.6 cm³/mol. The molecule has 0 aliphatic heterocycles. The summed E-state index contributed by atoms with van der Waals surface area (Å²) >= 11 is 0. The number of benzene rings is 2. The van der Waals surface area contributed by atoms with E-state index in [4.69, 9.17) is 0 Å². The predicted octanol–water partition coefficient (Wildman–Crippen LogP) is 6.28. The molecule has 0 aliphatic carbocycles. The van der Waals surface area contributed by atoms with E-state index in [0.29, 0.717) is 5.92 Å². The van der Waals surface area contributed by atoms with Crippen LogP contribution in [0.25, 0.3) is 0 Å². The van der Waals surface area contributed by atoms with Crippen LogP contribution < -0.4 is 0 Å². The molecule has 0 aliphatic rings. The highest BCUT2D eigenvalue weighted by atomic mass is 14.2. The molecule has 0 fully saturated rings. The molecule has 0 amide bonds. The van der Waals surface area contributed by atoms with Crippen LogP contribution in [0.2, 0.25) is 0 Å². The molecule has 0 saturated carbocycles. The summed E-state index contributed by atoms with van der Waals surface area (Å²) in [4.78, 5) is 0. The molecule has 0 radical (unpaired) electrons. The van der Waals surface area contributed by atoms with Crippen LogP contribution in [-0.4, -0.2) is 0 Å². The molecular formula is C21H28. The Labute approximate surface area is 130 Å². The summed E-state index contributed by atoms with van der Waals surface area (Å²) in [6.07, 6.45) is 3.87. The summed E-state index contributed by atoms with van der Waals surface area (Å²) in [6, 6.07) is 21.9. The fraction of sp³-hybridized carbons (Fsp3) is 0.429. The lowest BCUT2D eigenvalue weighted by atomic mass is 9.84. The van der Waals surface area contributed by atoms with E-state index in [1.54, 1.807) is 0 Å². The first-order valence-electron chi connectivity index (χ1n) is 8.28. The van der Waals surface area contributed by atoms with Gasteiger partial charge in [-0.1, -0.05) is 94.3 Å². The number of rotatable bonds is 7. The van der Waals surface area contributed by atoms with E-state index >= 15 is 0 Å². The van der Waals surface area contributed by atoms with Gasteiger partial charge in [-0.05, 0) is 29.4 Å². The fourth-order valence-corrected chi connectivity index (χ4v) is 2.87. The molecule has 112 valence electrons. The second-order valence-electron chi connectivity index (χ2n) is 6.53. The number of hydrogen-bond donors (Lipinski definition) is 0. The van der Waals surface area contributed by atoms with E-state index in [2.05, 4.69) is 81.4 Å². The van der Waals surface area contributed by atoms with Crippen LogP contribution in [0.15, 0.2) is 60.7 Å². The molecule has 0 bridgehead atoms. The molecule has 0 spiro atoms. The highest BCUT2D eigenvalue weighted by molar-refractivity contribution is 5.32. The highest BCUT2D eigenvalue weighted by Crippen LogP contribution is 2.30. The minimum absolute atomic E-state index is 0.534. The van der Waals surface area contributed by atoms with E-state index < -0.39 is 0 Å². The van der Waals surface area contributed by atoms with E-state index in [1.807, 2.05) is 0 Å². The smallest absolute Gasteiger partial charge is 0.00893 e. The van der Waals surface area contributed by atoms with Gasteiger partial charge in [0.15, 0.2) is 0 Å². The molecule has 0 aromatic heterocycles. The minimum atomic E-state index is 0.534. The first-order valence-corrected chi connectivity index (χ1v) is 8.28. The van der Waals surface area contributed by atoms with Gasteiger partial charge in [0.1, 0.15) is 0 Å². The molecule has 0 saturated heterocycles. The van der Waals surface area contributed by atoms with Crippen molar-refractivity contribution in [3.63, 3.8) is 0 Å². The number of hydrogen-bond acceptors (Lipinski definition) is 0. The molecule has 21 heavy (non-hydrogen) atoms. The van der Waals surface area contributed by atoms with Gasteiger partial charge < -0.3 is 0 Å². The molecule has 0 heterocycles. The van der Waals surface area contributed by atoms with Crippen LogP contribution in [0.5, 0.6) is 0 Å². The van der Waals surface area contributed by atoms with Gasteiger partial charge in [-0.2, -0.15) is 0 Å². The van der Waals surface area contributed by atoms with Gasteiger partial charge in [0.25, 0.3) is 0 Å². The van der Waals surface area contributed by atoms with E-state index in [1.165, 1.54) is 30.4 Å². The van der Waals surface area contributed by atoms with Crippen LogP contribution in [0.1, 0.15) is 57.1 Å². The second kappa shape index (κ2) is 8.02. The standard InChI is InChI=1S/C21H28/c1-17(2)18(3)11-10-16-21(19-12-6-4-7-13-19)20-14-8-5-9-15-20/h4-9,12-15,17-18,21H,10-11,16H2,1-3H3. The third kappa shape index (κ3) is 4.74. The van der Waals surface area contributed by atoms with E-state index in [-0.39, 0.29) is 0 Å². The molecule has 1 unspecified atom stereocenters. The zero-order valence-corrected chi connectivity index (χ0v) is 13.6. The summed E-state index contributed by atoms with van der Waals surface area (Å²) in [6.45, 7) is 7.04. The maximum Gasteiger partial charge on any atom is 0.00893 e. The van der Waals surface area contributed by atoms with Crippen LogP contribution in [0, 0.1) is 11.8 Å². The largest absolute Gasteiger partial charge is 0.0625 e. The molecule has 1 atom stereocenters. The van der Waals surface area contributed by atoms with Gasteiger partial charge in [0.2, 0.25) is 0 Å². The highest BCUT2D eigenvalue weighted by Gasteiger charge is 2.14. The summed E-state index contributed by atoms with van der Waals surface area (Å²) in [7, 11) is 0. The van der Waals surface area contributed by atoms with Crippen molar-refractivity contribution < 1.29 is 0 Å². The van der Waals surface area contributed by atoms with Crippen molar-refractivity contribution in [1.29, 1.82) is 0 Å². The quantitative estimate of drug-likeness (QED) is 0.560. The Morgan fingerprint density at radius 1 is 0.667 bits per heavy atom. The van der Waals surface area contributed by atoms with Gasteiger partial charge in [-0.25, -0.2) is 0 Å². The zero-order valence-electron chi connectivity index (χ0n) is 13.6. The lowest BCUT2D eigenvalue weighted by molar-refractivity contribution is 0.374. The average molecular weight is 280 g/mol. The molecule has 0 nitrogen and oxygen atoms in total. The van der Waals surface area contributed by atoms with Crippen LogP contribution in [-0.2, 0) is 0 Å². The van der Waals surface area contributed by atoms with Gasteiger partial charge in [-0.3, -0.25) is 0 Å². The molecule has 0 N–H and O–H groups in total. The Morgan fingerprint density at radius 3 is 1.57 bits per heavy atom. The first-order chi connectivity index (χ1) is 10.2. The third-order valence-corrected chi connectivity index (χ3v) is 4.69. The van der Waals surface area contributed by atoms with Crippen molar-refractivity contribution in [3.8, 4) is 0 Å². The van der Waals surface area contributed by atoms with Crippen molar-refractivity contribution in [2.75, 3.05) is 0 Å². The van der Waals surface area contributed by atoms with Crippen LogP contribution in [0.3, 0.4) is 0 Å². The summed E-state index contributed by atoms with van der Waals surface area (Å²) in [5.41, 5.74) is 2.89. The Morgan fingerprint density at radius 2 is 1.14 bits per heavy atom. The molecule has 2 aromatic carbocycles. The monoisotopic (exact) mass is 280 g/mol. The summed E-state index contributed by atoms with van der Waals surface area (Å²) in [5.74, 6) is 2.14. The second-order valence-corrected chi connectivity index (χ2v) is 6.53. The Bertz CT molecular complexity index is 459. The molecular weight excluding hydrogens is 252 g/mol. The van der Waals surface area contributed by atoms with Crippen molar-refractivity contribution in [1.82, 2.24) is 0 Å². The lowest BCUT2D eigenvalue weighted by Gasteiger charge is -2.20. The topological polar surface area (TPSA) is 0 Å². The Hall–Kier alpha value is -1.56. The van der Waals surface area contributed by atoms with Crippen LogP contribution in [0.4, 0.5) is 0 Å². The maximum absolute atomic E-state index is 2.38. The van der Waals surface area contributed by atoms with E-state index in [0.717, 1.165) is 11.8 Å². The van der Waals surface area contributed by atoms with E-state index in [9.17, 15) is 0 Å². The van der Waals surface area contributed by atoms with Crippen LogP contribution >= 0.6 is 0 Å². The van der Waals surface area contributed by atoms with Crippen molar-refractivity contribution in [3.05, 3.63) is 71.8 Å². The van der Waals surface area contributed by atoms with Gasteiger partial charge in [-0.15, -0.1) is 0 Å². The van der Waals surface area contributed by atoms with Crippen molar-refractivity contribution in [2.45, 2.75) is 46.0 Å². The Balaban J connectivity index is 2.07. The van der Waals surface area contributed by atoms with Gasteiger partial charge >= 0.3 is 0 Å². The summed E-state index contributed by atoms with van der Waals surface area (Å²) in [5, 5.41) is 0. The lowest BCUT2D eigenvalue weighted by Crippen LogP contribution is -2.06. The molecule has 2 rings (SSSR count). The zero-order chi connectivity index (χ0) is 15.1.